The lowest BCUT2D eigenvalue weighted by molar-refractivity contribution is 0.619. The molecule has 0 amide bonds. The van der Waals surface area contributed by atoms with E-state index < -0.39 is 0 Å². The first kappa shape index (κ1) is 10.8. The van der Waals surface area contributed by atoms with Gasteiger partial charge in [0.15, 0.2) is 0 Å². The standard InChI is InChI=1S/C13H14ClN3/c14-8-12-13(11-6-7-11)17(16-15-12)9-10-4-2-1-3-5-10/h1-5,11H,6-9H2. The van der Waals surface area contributed by atoms with Crippen LogP contribution in [-0.2, 0) is 12.4 Å². The highest BCUT2D eigenvalue weighted by atomic mass is 35.5. The molecular formula is C13H14ClN3. The molecule has 0 saturated heterocycles. The lowest BCUT2D eigenvalue weighted by Gasteiger charge is -2.06. The first-order chi connectivity index (χ1) is 8.38. The molecule has 4 heteroatoms. The van der Waals surface area contributed by atoms with Gasteiger partial charge in [-0.05, 0) is 18.4 Å². The van der Waals surface area contributed by atoms with Crippen molar-refractivity contribution in [1.82, 2.24) is 15.0 Å². The van der Waals surface area contributed by atoms with Crippen LogP contribution in [0.3, 0.4) is 0 Å². The van der Waals surface area contributed by atoms with Gasteiger partial charge in [0, 0.05) is 5.92 Å². The van der Waals surface area contributed by atoms with Crippen molar-refractivity contribution in [2.24, 2.45) is 0 Å². The molecule has 1 aromatic heterocycles. The van der Waals surface area contributed by atoms with Crippen molar-refractivity contribution in [3.8, 4) is 0 Å². The number of aromatic nitrogens is 3. The summed E-state index contributed by atoms with van der Waals surface area (Å²) in [6.45, 7) is 0.788. The zero-order valence-electron chi connectivity index (χ0n) is 9.51. The number of halogens is 1. The van der Waals surface area contributed by atoms with E-state index in [0.717, 1.165) is 12.2 Å². The summed E-state index contributed by atoms with van der Waals surface area (Å²) < 4.78 is 2.00. The van der Waals surface area contributed by atoms with Gasteiger partial charge in [-0.2, -0.15) is 0 Å². The van der Waals surface area contributed by atoms with Crippen LogP contribution in [0.25, 0.3) is 0 Å². The number of alkyl halides is 1. The third-order valence-electron chi connectivity index (χ3n) is 3.11. The lowest BCUT2D eigenvalue weighted by atomic mass is 10.2. The van der Waals surface area contributed by atoms with E-state index >= 15 is 0 Å². The molecular weight excluding hydrogens is 234 g/mol. The largest absolute Gasteiger partial charge is 0.244 e. The molecule has 1 aromatic carbocycles. The second-order valence-corrected chi connectivity index (χ2v) is 4.74. The van der Waals surface area contributed by atoms with Crippen LogP contribution < -0.4 is 0 Å². The van der Waals surface area contributed by atoms with E-state index in [1.165, 1.54) is 24.1 Å². The molecule has 17 heavy (non-hydrogen) atoms. The van der Waals surface area contributed by atoms with Crippen molar-refractivity contribution in [3.05, 3.63) is 47.3 Å². The monoisotopic (exact) mass is 247 g/mol. The van der Waals surface area contributed by atoms with Gasteiger partial charge in [0.1, 0.15) is 5.69 Å². The maximum Gasteiger partial charge on any atom is 0.101 e. The van der Waals surface area contributed by atoms with Crippen molar-refractivity contribution in [3.63, 3.8) is 0 Å². The molecule has 1 heterocycles. The fourth-order valence-electron chi connectivity index (χ4n) is 2.13. The van der Waals surface area contributed by atoms with Crippen LogP contribution in [0.5, 0.6) is 0 Å². The summed E-state index contributed by atoms with van der Waals surface area (Å²) in [5, 5.41) is 8.40. The fraction of sp³-hybridized carbons (Fsp3) is 0.385. The minimum absolute atomic E-state index is 0.459. The second kappa shape index (κ2) is 4.49. The van der Waals surface area contributed by atoms with E-state index in [0.29, 0.717) is 11.8 Å². The van der Waals surface area contributed by atoms with Crippen LogP contribution in [-0.4, -0.2) is 15.0 Å². The predicted molar refractivity (Wildman–Crippen MR) is 67.1 cm³/mol. The van der Waals surface area contributed by atoms with E-state index in [1.807, 2.05) is 22.9 Å². The SMILES string of the molecule is ClCc1nnn(Cc2ccccc2)c1C1CC1. The molecule has 0 aliphatic heterocycles. The highest BCUT2D eigenvalue weighted by Crippen LogP contribution is 2.41. The summed E-state index contributed by atoms with van der Waals surface area (Å²) in [6, 6.07) is 10.3. The number of hydrogen-bond donors (Lipinski definition) is 0. The number of rotatable bonds is 4. The summed E-state index contributed by atoms with van der Waals surface area (Å²) in [7, 11) is 0. The molecule has 1 aliphatic carbocycles. The van der Waals surface area contributed by atoms with Crippen molar-refractivity contribution >= 4 is 11.6 Å². The molecule has 88 valence electrons. The van der Waals surface area contributed by atoms with Gasteiger partial charge in [0.25, 0.3) is 0 Å². The maximum atomic E-state index is 5.90. The summed E-state index contributed by atoms with van der Waals surface area (Å²) in [4.78, 5) is 0. The van der Waals surface area contributed by atoms with Crippen molar-refractivity contribution < 1.29 is 0 Å². The van der Waals surface area contributed by atoms with Crippen LogP contribution in [0.2, 0.25) is 0 Å². The Bertz CT molecular complexity index is 503. The molecule has 1 saturated carbocycles. The van der Waals surface area contributed by atoms with Crippen LogP contribution >= 0.6 is 11.6 Å². The third-order valence-corrected chi connectivity index (χ3v) is 3.37. The average molecular weight is 248 g/mol. The van der Waals surface area contributed by atoms with E-state index in [-0.39, 0.29) is 0 Å². The molecule has 0 N–H and O–H groups in total. The lowest BCUT2D eigenvalue weighted by Crippen LogP contribution is -2.06. The first-order valence-corrected chi connectivity index (χ1v) is 6.44. The Labute approximate surface area is 105 Å². The average Bonchev–Trinajstić information content (AvgIpc) is 3.13. The highest BCUT2D eigenvalue weighted by Gasteiger charge is 2.30. The van der Waals surface area contributed by atoms with Gasteiger partial charge in [0.2, 0.25) is 0 Å². The van der Waals surface area contributed by atoms with Crippen LogP contribution in [0.4, 0.5) is 0 Å². The smallest absolute Gasteiger partial charge is 0.101 e. The Kier molecular flexibility index (Phi) is 2.85. The third kappa shape index (κ3) is 2.20. The van der Waals surface area contributed by atoms with Gasteiger partial charge in [0.05, 0.1) is 18.1 Å². The zero-order valence-corrected chi connectivity index (χ0v) is 10.3. The molecule has 3 rings (SSSR count). The topological polar surface area (TPSA) is 30.7 Å². The summed E-state index contributed by atoms with van der Waals surface area (Å²) in [5.41, 5.74) is 3.44. The van der Waals surface area contributed by atoms with E-state index in [2.05, 4.69) is 22.4 Å². The molecule has 0 bridgehead atoms. The van der Waals surface area contributed by atoms with Crippen LogP contribution in [0.1, 0.15) is 35.7 Å². The molecule has 1 fully saturated rings. The van der Waals surface area contributed by atoms with Crippen LogP contribution in [0, 0.1) is 0 Å². The van der Waals surface area contributed by atoms with Crippen molar-refractivity contribution in [2.75, 3.05) is 0 Å². The van der Waals surface area contributed by atoms with Crippen molar-refractivity contribution in [1.29, 1.82) is 0 Å². The molecule has 0 radical (unpaired) electrons. The summed E-state index contributed by atoms with van der Waals surface area (Å²) in [5.74, 6) is 1.09. The first-order valence-electron chi connectivity index (χ1n) is 5.90. The molecule has 1 aliphatic rings. The zero-order chi connectivity index (χ0) is 11.7. The molecule has 0 atom stereocenters. The summed E-state index contributed by atoms with van der Waals surface area (Å²) >= 11 is 5.90. The second-order valence-electron chi connectivity index (χ2n) is 4.47. The Balaban J connectivity index is 1.90. The highest BCUT2D eigenvalue weighted by molar-refractivity contribution is 6.16. The predicted octanol–water partition coefficient (Wildman–Crippen LogP) is 2.94. The Morgan fingerprint density at radius 3 is 2.65 bits per heavy atom. The quantitative estimate of drug-likeness (QED) is 0.778. The fourth-order valence-corrected chi connectivity index (χ4v) is 2.32. The van der Waals surface area contributed by atoms with Gasteiger partial charge < -0.3 is 0 Å². The van der Waals surface area contributed by atoms with Gasteiger partial charge in [-0.25, -0.2) is 4.68 Å². The van der Waals surface area contributed by atoms with E-state index in [1.54, 1.807) is 0 Å². The van der Waals surface area contributed by atoms with E-state index in [9.17, 15) is 0 Å². The van der Waals surface area contributed by atoms with Gasteiger partial charge in [-0.15, -0.1) is 16.7 Å². The van der Waals surface area contributed by atoms with Crippen LogP contribution in [0.15, 0.2) is 30.3 Å². The molecule has 2 aromatic rings. The van der Waals surface area contributed by atoms with Gasteiger partial charge >= 0.3 is 0 Å². The summed E-state index contributed by atoms with van der Waals surface area (Å²) in [6.07, 6.45) is 2.48. The normalized spacial score (nSPS) is 15.1. The minimum atomic E-state index is 0.459. The molecule has 0 spiro atoms. The van der Waals surface area contributed by atoms with Crippen molar-refractivity contribution in [2.45, 2.75) is 31.2 Å². The molecule has 3 nitrogen and oxygen atoms in total. The van der Waals surface area contributed by atoms with Gasteiger partial charge in [-0.1, -0.05) is 35.5 Å². The Morgan fingerprint density at radius 1 is 1.24 bits per heavy atom. The Morgan fingerprint density at radius 2 is 2.00 bits per heavy atom. The van der Waals surface area contributed by atoms with Gasteiger partial charge in [-0.3, -0.25) is 0 Å². The number of hydrogen-bond acceptors (Lipinski definition) is 2. The molecule has 0 unspecified atom stereocenters. The van der Waals surface area contributed by atoms with E-state index in [4.69, 9.17) is 11.6 Å². The maximum absolute atomic E-state index is 5.90. The minimum Gasteiger partial charge on any atom is -0.244 e. The Hall–Kier alpha value is -1.35. The number of nitrogens with zero attached hydrogens (tertiary/aromatic N) is 3. The number of benzene rings is 1.